The fraction of sp³-hybridized carbons (Fsp3) is 0.435. The van der Waals surface area contributed by atoms with Crippen LogP contribution in [-0.4, -0.2) is 63.2 Å². The van der Waals surface area contributed by atoms with Crippen LogP contribution in [0.3, 0.4) is 0 Å². The van der Waals surface area contributed by atoms with Crippen LogP contribution in [0.5, 0.6) is 0 Å². The van der Waals surface area contributed by atoms with Gasteiger partial charge in [0.1, 0.15) is 5.82 Å². The highest BCUT2D eigenvalue weighted by atomic mass is 16.3. The van der Waals surface area contributed by atoms with E-state index in [-0.39, 0.29) is 29.8 Å². The highest BCUT2D eigenvalue weighted by Gasteiger charge is 2.53. The predicted molar refractivity (Wildman–Crippen MR) is 120 cm³/mol. The van der Waals surface area contributed by atoms with Crippen molar-refractivity contribution in [2.24, 2.45) is 18.4 Å². The first kappa shape index (κ1) is 19.8. The van der Waals surface area contributed by atoms with E-state index < -0.39 is 0 Å². The van der Waals surface area contributed by atoms with Gasteiger partial charge >= 0.3 is 0 Å². The number of aromatic nitrogens is 3. The third-order valence-corrected chi connectivity index (χ3v) is 6.93. The van der Waals surface area contributed by atoms with Gasteiger partial charge in [0.05, 0.1) is 13.0 Å². The minimum atomic E-state index is -0.331. The molecule has 1 aromatic carbocycles. The molecule has 2 saturated heterocycles. The van der Waals surface area contributed by atoms with E-state index in [1.165, 1.54) is 0 Å². The third kappa shape index (κ3) is 3.31. The molecule has 5 rings (SSSR count). The molecule has 2 aliphatic rings. The quantitative estimate of drug-likeness (QED) is 0.661. The fourth-order valence-electron chi connectivity index (χ4n) is 5.35. The summed E-state index contributed by atoms with van der Waals surface area (Å²) in [6.07, 6.45) is 2.42. The normalized spacial score (nSPS) is 23.0. The second-order valence-electron chi connectivity index (χ2n) is 9.06. The summed E-state index contributed by atoms with van der Waals surface area (Å²) in [4.78, 5) is 25.8. The van der Waals surface area contributed by atoms with E-state index in [9.17, 15) is 9.90 Å². The van der Waals surface area contributed by atoms with E-state index >= 15 is 0 Å². The average Bonchev–Trinajstić information content (AvgIpc) is 3.37. The molecule has 1 amide bonds. The summed E-state index contributed by atoms with van der Waals surface area (Å²) in [6.45, 7) is 4.56. The van der Waals surface area contributed by atoms with Gasteiger partial charge in [-0.3, -0.25) is 4.79 Å². The SMILES string of the molecule is Cc1cc(N2C[C@H]3CN(C(=O)Cc4cn(C)c5ccccc45)C[C@@]3(CO)C2)nc(N)n1. The molecule has 31 heavy (non-hydrogen) atoms. The lowest BCUT2D eigenvalue weighted by atomic mass is 9.82. The number of aliphatic hydroxyl groups is 1. The number of fused-ring (bicyclic) bond motifs is 2. The Bertz CT molecular complexity index is 1140. The number of nitrogens with two attached hydrogens (primary N) is 1. The summed E-state index contributed by atoms with van der Waals surface area (Å²) in [5.41, 5.74) is 8.50. The van der Waals surface area contributed by atoms with Gasteiger partial charge in [-0.05, 0) is 18.6 Å². The maximum atomic E-state index is 13.2. The van der Waals surface area contributed by atoms with Crippen LogP contribution in [0.4, 0.5) is 11.8 Å². The van der Waals surface area contributed by atoms with Crippen molar-refractivity contribution >= 4 is 28.6 Å². The molecular weight excluding hydrogens is 392 g/mol. The molecule has 0 unspecified atom stereocenters. The van der Waals surface area contributed by atoms with Crippen LogP contribution in [0.25, 0.3) is 10.9 Å². The summed E-state index contributed by atoms with van der Waals surface area (Å²) in [7, 11) is 2.01. The molecular formula is C23H28N6O2. The summed E-state index contributed by atoms with van der Waals surface area (Å²) < 4.78 is 2.07. The van der Waals surface area contributed by atoms with Crippen molar-refractivity contribution in [1.29, 1.82) is 0 Å². The van der Waals surface area contributed by atoms with E-state index in [4.69, 9.17) is 5.73 Å². The Kier molecular flexibility index (Phi) is 4.62. The number of nitrogen functional groups attached to an aromatic ring is 1. The number of carbonyl (C=O) groups is 1. The molecule has 2 atom stereocenters. The standard InChI is InChI=1S/C23H28N6O2/c1-15-7-20(26-22(24)25-15)28-10-17-11-29(13-23(17,12-28)14-30)21(31)8-16-9-27(2)19-6-4-3-5-18(16)19/h3-7,9,17,30H,8,10-14H2,1-2H3,(H2,24,25,26)/t17-,23+/m0/s1. The summed E-state index contributed by atoms with van der Waals surface area (Å²) in [5.74, 6) is 1.37. The topological polar surface area (TPSA) is 101 Å². The van der Waals surface area contributed by atoms with E-state index in [0.29, 0.717) is 26.1 Å². The highest BCUT2D eigenvalue weighted by Crippen LogP contribution is 2.43. The Labute approximate surface area is 181 Å². The summed E-state index contributed by atoms with van der Waals surface area (Å²) in [6, 6.07) is 10.1. The molecule has 3 aromatic rings. The molecule has 2 fully saturated rings. The van der Waals surface area contributed by atoms with Crippen molar-refractivity contribution < 1.29 is 9.90 Å². The number of benzene rings is 1. The minimum Gasteiger partial charge on any atom is -0.396 e. The van der Waals surface area contributed by atoms with Gasteiger partial charge in [-0.1, -0.05) is 18.2 Å². The Morgan fingerprint density at radius 1 is 1.26 bits per heavy atom. The summed E-state index contributed by atoms with van der Waals surface area (Å²) in [5, 5.41) is 11.4. The first-order chi connectivity index (χ1) is 14.9. The molecule has 4 heterocycles. The molecule has 3 N–H and O–H groups in total. The number of aliphatic hydroxyl groups excluding tert-OH is 1. The largest absolute Gasteiger partial charge is 0.396 e. The Balaban J connectivity index is 1.32. The number of anilines is 2. The number of rotatable bonds is 4. The average molecular weight is 421 g/mol. The predicted octanol–water partition coefficient (Wildman–Crippen LogP) is 1.36. The maximum absolute atomic E-state index is 13.2. The van der Waals surface area contributed by atoms with Crippen molar-refractivity contribution in [3.8, 4) is 0 Å². The number of hydrogen-bond donors (Lipinski definition) is 2. The molecule has 0 radical (unpaired) electrons. The zero-order chi connectivity index (χ0) is 21.8. The molecule has 0 aliphatic carbocycles. The first-order valence-corrected chi connectivity index (χ1v) is 10.7. The first-order valence-electron chi connectivity index (χ1n) is 10.7. The van der Waals surface area contributed by atoms with Crippen LogP contribution >= 0.6 is 0 Å². The zero-order valence-corrected chi connectivity index (χ0v) is 18.0. The van der Waals surface area contributed by atoms with E-state index in [0.717, 1.165) is 34.5 Å². The number of amides is 1. The van der Waals surface area contributed by atoms with Gasteiger partial charge in [0.25, 0.3) is 0 Å². The second-order valence-corrected chi connectivity index (χ2v) is 9.06. The van der Waals surface area contributed by atoms with Crippen LogP contribution in [0.2, 0.25) is 0 Å². The number of hydrogen-bond acceptors (Lipinski definition) is 6. The van der Waals surface area contributed by atoms with E-state index in [1.54, 1.807) is 0 Å². The van der Waals surface area contributed by atoms with Gasteiger partial charge in [0.2, 0.25) is 11.9 Å². The van der Waals surface area contributed by atoms with E-state index in [1.807, 2.05) is 43.3 Å². The molecule has 0 saturated carbocycles. The van der Waals surface area contributed by atoms with Crippen LogP contribution < -0.4 is 10.6 Å². The van der Waals surface area contributed by atoms with Crippen molar-refractivity contribution in [3.05, 3.63) is 47.8 Å². The van der Waals surface area contributed by atoms with Crippen LogP contribution in [0.15, 0.2) is 36.5 Å². The number of likely N-dealkylation sites (tertiary alicyclic amines) is 1. The van der Waals surface area contributed by atoms with Crippen molar-refractivity contribution in [3.63, 3.8) is 0 Å². The van der Waals surface area contributed by atoms with Crippen molar-refractivity contribution in [2.75, 3.05) is 43.4 Å². The lowest BCUT2D eigenvalue weighted by Gasteiger charge is -2.27. The Morgan fingerprint density at radius 3 is 2.81 bits per heavy atom. The lowest BCUT2D eigenvalue weighted by Crippen LogP contribution is -2.39. The van der Waals surface area contributed by atoms with Gasteiger partial charge in [0.15, 0.2) is 0 Å². The molecule has 8 heteroatoms. The number of carbonyl (C=O) groups excluding carboxylic acids is 1. The third-order valence-electron chi connectivity index (χ3n) is 6.93. The smallest absolute Gasteiger partial charge is 0.227 e. The van der Waals surface area contributed by atoms with Gasteiger partial charge in [-0.2, -0.15) is 4.98 Å². The monoisotopic (exact) mass is 420 g/mol. The van der Waals surface area contributed by atoms with Crippen LogP contribution in [0, 0.1) is 18.3 Å². The van der Waals surface area contributed by atoms with E-state index in [2.05, 4.69) is 31.6 Å². The highest BCUT2D eigenvalue weighted by molar-refractivity contribution is 5.89. The second kappa shape index (κ2) is 7.23. The molecule has 162 valence electrons. The van der Waals surface area contributed by atoms with Gasteiger partial charge < -0.3 is 25.2 Å². The van der Waals surface area contributed by atoms with Gasteiger partial charge in [-0.25, -0.2) is 4.98 Å². The van der Waals surface area contributed by atoms with Crippen molar-refractivity contribution in [2.45, 2.75) is 13.3 Å². The number of para-hydroxylation sites is 1. The fourth-order valence-corrected chi connectivity index (χ4v) is 5.35. The number of aryl methyl sites for hydroxylation is 2. The molecule has 0 bridgehead atoms. The number of nitrogens with zero attached hydrogens (tertiary/aromatic N) is 5. The zero-order valence-electron chi connectivity index (χ0n) is 18.0. The van der Waals surface area contributed by atoms with Gasteiger partial charge in [0, 0.05) is 73.4 Å². The maximum Gasteiger partial charge on any atom is 0.227 e. The molecule has 8 nitrogen and oxygen atoms in total. The Morgan fingerprint density at radius 2 is 2.06 bits per heavy atom. The van der Waals surface area contributed by atoms with Crippen LogP contribution in [-0.2, 0) is 18.3 Å². The summed E-state index contributed by atoms with van der Waals surface area (Å²) >= 11 is 0. The van der Waals surface area contributed by atoms with Crippen molar-refractivity contribution in [1.82, 2.24) is 19.4 Å². The molecule has 0 spiro atoms. The van der Waals surface area contributed by atoms with Crippen LogP contribution in [0.1, 0.15) is 11.3 Å². The molecule has 2 aromatic heterocycles. The Hall–Kier alpha value is -3.13. The van der Waals surface area contributed by atoms with Gasteiger partial charge in [-0.15, -0.1) is 0 Å². The lowest BCUT2D eigenvalue weighted by molar-refractivity contribution is -0.130. The molecule has 2 aliphatic heterocycles. The minimum absolute atomic E-state index is 0.0474.